The number of hydrogen-bond acceptors (Lipinski definition) is 2. The minimum absolute atomic E-state index is 0.481. The van der Waals surface area contributed by atoms with Crippen LogP contribution in [0.1, 0.15) is 26.7 Å². The summed E-state index contributed by atoms with van der Waals surface area (Å²) in [6.45, 7) is 3.59. The Balaban J connectivity index is 4.20. The van der Waals surface area contributed by atoms with Crippen LogP contribution in [-0.4, -0.2) is 21.9 Å². The average molecular weight is 142 g/mol. The average Bonchev–Trinajstić information content (AvgIpc) is 2.01. The molecule has 2 heteroatoms. The van der Waals surface area contributed by atoms with Crippen LogP contribution >= 0.6 is 0 Å². The third kappa shape index (κ3) is 1.73. The van der Waals surface area contributed by atoms with Crippen molar-refractivity contribution >= 4 is 0 Å². The fraction of sp³-hybridized carbons (Fsp3) is 0.750. The lowest BCUT2D eigenvalue weighted by Crippen LogP contribution is -2.40. The van der Waals surface area contributed by atoms with Gasteiger partial charge in [-0.2, -0.15) is 0 Å². The summed E-state index contributed by atoms with van der Waals surface area (Å²) >= 11 is 0. The summed E-state index contributed by atoms with van der Waals surface area (Å²) in [5.41, 5.74) is -1.09. The lowest BCUT2D eigenvalue weighted by atomic mass is 9.91. The molecule has 0 fully saturated rings. The summed E-state index contributed by atoms with van der Waals surface area (Å²) in [7, 11) is 0. The van der Waals surface area contributed by atoms with Gasteiger partial charge in [0, 0.05) is 0 Å². The third-order valence-electron chi connectivity index (χ3n) is 1.89. The Hall–Kier alpha value is -0.520. The van der Waals surface area contributed by atoms with Gasteiger partial charge in [-0.1, -0.05) is 19.8 Å². The molecule has 1 unspecified atom stereocenters. The lowest BCUT2D eigenvalue weighted by molar-refractivity contribution is -0.0528. The van der Waals surface area contributed by atoms with Crippen molar-refractivity contribution in [1.82, 2.24) is 0 Å². The first kappa shape index (κ1) is 9.48. The largest absolute Gasteiger partial charge is 0.386 e. The molecular formula is C8H14O2. The highest BCUT2D eigenvalue weighted by Crippen LogP contribution is 2.18. The van der Waals surface area contributed by atoms with Gasteiger partial charge >= 0.3 is 0 Å². The molecule has 0 aromatic heterocycles. The normalized spacial score (nSPS) is 14.3. The number of aliphatic hydroxyl groups is 2. The molecule has 2 N–H and O–H groups in total. The maximum absolute atomic E-state index is 9.50. The van der Waals surface area contributed by atoms with Crippen LogP contribution in [0, 0.1) is 12.3 Å². The molecule has 0 saturated heterocycles. The minimum Gasteiger partial charge on any atom is -0.386 e. The first-order valence-corrected chi connectivity index (χ1v) is 3.47. The van der Waals surface area contributed by atoms with E-state index in [9.17, 15) is 5.11 Å². The molecule has 0 aliphatic heterocycles. The lowest BCUT2D eigenvalue weighted by Gasteiger charge is -2.27. The highest BCUT2D eigenvalue weighted by molar-refractivity contribution is 5.04. The van der Waals surface area contributed by atoms with Crippen molar-refractivity contribution in [2.45, 2.75) is 38.4 Å². The Morgan fingerprint density at radius 3 is 2.00 bits per heavy atom. The molecule has 0 aromatic rings. The predicted octanol–water partition coefficient (Wildman–Crippen LogP) is 0.532. The van der Waals surface area contributed by atoms with Crippen LogP contribution in [0.2, 0.25) is 0 Å². The van der Waals surface area contributed by atoms with Crippen molar-refractivity contribution in [3.05, 3.63) is 0 Å². The van der Waals surface area contributed by atoms with E-state index >= 15 is 0 Å². The number of terminal acetylenes is 1. The molecule has 58 valence electrons. The SMILES string of the molecule is C#CC(O)C(O)(CC)CC. The van der Waals surface area contributed by atoms with Gasteiger partial charge in [0.2, 0.25) is 0 Å². The van der Waals surface area contributed by atoms with Crippen LogP contribution in [0.25, 0.3) is 0 Å². The molecule has 0 saturated carbocycles. The van der Waals surface area contributed by atoms with Crippen LogP contribution in [0.15, 0.2) is 0 Å². The van der Waals surface area contributed by atoms with E-state index in [0.717, 1.165) is 0 Å². The number of hydrogen-bond donors (Lipinski definition) is 2. The van der Waals surface area contributed by atoms with E-state index in [2.05, 4.69) is 5.92 Å². The van der Waals surface area contributed by atoms with Gasteiger partial charge in [-0.15, -0.1) is 6.42 Å². The Bertz CT molecular complexity index is 131. The molecule has 0 aromatic carbocycles. The van der Waals surface area contributed by atoms with Crippen LogP contribution < -0.4 is 0 Å². The minimum atomic E-state index is -1.09. The summed E-state index contributed by atoms with van der Waals surface area (Å²) in [6, 6.07) is 0. The van der Waals surface area contributed by atoms with Crippen LogP contribution in [-0.2, 0) is 0 Å². The van der Waals surface area contributed by atoms with E-state index in [1.165, 1.54) is 0 Å². The smallest absolute Gasteiger partial charge is 0.142 e. The molecule has 0 bridgehead atoms. The van der Waals surface area contributed by atoms with Gasteiger partial charge in [0.25, 0.3) is 0 Å². The molecular weight excluding hydrogens is 128 g/mol. The summed E-state index contributed by atoms with van der Waals surface area (Å²) < 4.78 is 0. The van der Waals surface area contributed by atoms with Crippen molar-refractivity contribution in [3.8, 4) is 12.3 Å². The maximum atomic E-state index is 9.50. The number of rotatable bonds is 3. The third-order valence-corrected chi connectivity index (χ3v) is 1.89. The fourth-order valence-corrected chi connectivity index (χ4v) is 0.792. The molecule has 0 heterocycles. The van der Waals surface area contributed by atoms with Crippen molar-refractivity contribution in [2.24, 2.45) is 0 Å². The molecule has 1 atom stereocenters. The molecule has 0 rings (SSSR count). The standard InChI is InChI=1S/C8H14O2/c1-4-7(9)8(10,5-2)6-3/h1,7,9-10H,5-6H2,2-3H3. The second-order valence-corrected chi connectivity index (χ2v) is 2.38. The van der Waals surface area contributed by atoms with Gasteiger partial charge in [-0.05, 0) is 12.8 Å². The molecule has 0 radical (unpaired) electrons. The van der Waals surface area contributed by atoms with E-state index < -0.39 is 11.7 Å². The first-order chi connectivity index (χ1) is 4.60. The van der Waals surface area contributed by atoms with Gasteiger partial charge in [0.05, 0.1) is 0 Å². The molecule has 0 aliphatic carbocycles. The van der Waals surface area contributed by atoms with Gasteiger partial charge in [-0.3, -0.25) is 0 Å². The summed E-state index contributed by atoms with van der Waals surface area (Å²) in [5.74, 6) is 2.11. The second-order valence-electron chi connectivity index (χ2n) is 2.38. The maximum Gasteiger partial charge on any atom is 0.142 e. The Morgan fingerprint density at radius 1 is 1.50 bits per heavy atom. The van der Waals surface area contributed by atoms with Gasteiger partial charge in [0.1, 0.15) is 11.7 Å². The predicted molar refractivity (Wildman–Crippen MR) is 40.4 cm³/mol. The molecule has 0 spiro atoms. The van der Waals surface area contributed by atoms with Crippen LogP contribution in [0.3, 0.4) is 0 Å². The zero-order valence-corrected chi connectivity index (χ0v) is 6.46. The second kappa shape index (κ2) is 3.60. The fourth-order valence-electron chi connectivity index (χ4n) is 0.792. The Labute approximate surface area is 61.9 Å². The topological polar surface area (TPSA) is 40.5 Å². The molecule has 0 amide bonds. The van der Waals surface area contributed by atoms with E-state index in [0.29, 0.717) is 12.8 Å². The molecule has 2 nitrogen and oxygen atoms in total. The zero-order chi connectivity index (χ0) is 8.20. The highest BCUT2D eigenvalue weighted by atomic mass is 16.3. The molecule has 0 aliphatic rings. The Morgan fingerprint density at radius 2 is 1.90 bits per heavy atom. The van der Waals surface area contributed by atoms with E-state index in [1.54, 1.807) is 13.8 Å². The van der Waals surface area contributed by atoms with Crippen molar-refractivity contribution in [1.29, 1.82) is 0 Å². The van der Waals surface area contributed by atoms with Gasteiger partial charge < -0.3 is 10.2 Å². The highest BCUT2D eigenvalue weighted by Gasteiger charge is 2.29. The Kier molecular flexibility index (Phi) is 3.41. The quantitative estimate of drug-likeness (QED) is 0.564. The van der Waals surface area contributed by atoms with Crippen LogP contribution in [0.4, 0.5) is 0 Å². The van der Waals surface area contributed by atoms with E-state index in [-0.39, 0.29) is 0 Å². The zero-order valence-electron chi connectivity index (χ0n) is 6.46. The summed E-state index contributed by atoms with van der Waals surface area (Å²) in [4.78, 5) is 0. The van der Waals surface area contributed by atoms with Crippen LogP contribution in [0.5, 0.6) is 0 Å². The van der Waals surface area contributed by atoms with Crippen molar-refractivity contribution in [2.75, 3.05) is 0 Å². The monoisotopic (exact) mass is 142 g/mol. The number of aliphatic hydroxyl groups excluding tert-OH is 1. The van der Waals surface area contributed by atoms with Crippen molar-refractivity contribution < 1.29 is 10.2 Å². The summed E-state index contributed by atoms with van der Waals surface area (Å²) in [5, 5.41) is 18.6. The van der Waals surface area contributed by atoms with E-state index in [1.807, 2.05) is 0 Å². The first-order valence-electron chi connectivity index (χ1n) is 3.47. The van der Waals surface area contributed by atoms with Crippen molar-refractivity contribution in [3.63, 3.8) is 0 Å². The van der Waals surface area contributed by atoms with Gasteiger partial charge in [0.15, 0.2) is 0 Å². The summed E-state index contributed by atoms with van der Waals surface area (Å²) in [6.07, 6.45) is 4.87. The van der Waals surface area contributed by atoms with E-state index in [4.69, 9.17) is 11.5 Å². The molecule has 10 heavy (non-hydrogen) atoms. The van der Waals surface area contributed by atoms with Gasteiger partial charge in [-0.25, -0.2) is 0 Å².